The Morgan fingerprint density at radius 1 is 0.963 bits per heavy atom. The van der Waals surface area contributed by atoms with Gasteiger partial charge >= 0.3 is 0 Å². The van der Waals surface area contributed by atoms with Crippen LogP contribution in [0.3, 0.4) is 0 Å². The van der Waals surface area contributed by atoms with Crippen LogP contribution in [-0.2, 0) is 0 Å². The maximum atomic E-state index is 8.36. The first-order valence-corrected chi connectivity index (χ1v) is 9.72. The fourth-order valence-electron chi connectivity index (χ4n) is 3.25. The van der Waals surface area contributed by atoms with Crippen molar-refractivity contribution in [2.24, 2.45) is 0 Å². The number of rotatable bonds is 8. The predicted molar refractivity (Wildman–Crippen MR) is 117 cm³/mol. The van der Waals surface area contributed by atoms with Crippen LogP contribution >= 0.6 is 0 Å². The predicted octanol–water partition coefficient (Wildman–Crippen LogP) is 6.37. The zero-order valence-electron chi connectivity index (χ0n) is 17.3. The van der Waals surface area contributed by atoms with Crippen LogP contribution in [0.4, 0.5) is 0 Å². The summed E-state index contributed by atoms with van der Waals surface area (Å²) in [5.74, 6) is 0. The van der Waals surface area contributed by atoms with Crippen molar-refractivity contribution in [2.45, 2.75) is 59.5 Å². The van der Waals surface area contributed by atoms with Crippen molar-refractivity contribution < 1.29 is 0 Å². The third-order valence-corrected chi connectivity index (χ3v) is 4.52. The second kappa shape index (κ2) is 10.1. The molecule has 0 aliphatic rings. The highest BCUT2D eigenvalue weighted by atomic mass is 14.9. The molecule has 1 unspecified atom stereocenters. The quantitative estimate of drug-likeness (QED) is 0.416. The van der Waals surface area contributed by atoms with E-state index in [4.69, 9.17) is 5.41 Å². The van der Waals surface area contributed by atoms with Crippen LogP contribution in [0.15, 0.2) is 71.5 Å². The van der Waals surface area contributed by atoms with Gasteiger partial charge in [-0.1, -0.05) is 74.0 Å². The summed E-state index contributed by atoms with van der Waals surface area (Å²) < 4.78 is 0. The van der Waals surface area contributed by atoms with Gasteiger partial charge in [-0.2, -0.15) is 0 Å². The second-order valence-corrected chi connectivity index (χ2v) is 7.70. The molecule has 0 saturated carbocycles. The molecule has 2 nitrogen and oxygen atoms in total. The lowest BCUT2D eigenvalue weighted by Gasteiger charge is -2.21. The molecule has 2 rings (SSSR count). The monoisotopic (exact) mass is 360 g/mol. The molecule has 2 aromatic rings. The molecule has 0 saturated heterocycles. The van der Waals surface area contributed by atoms with E-state index in [2.05, 4.69) is 88.1 Å². The van der Waals surface area contributed by atoms with Crippen LogP contribution < -0.4 is 5.32 Å². The van der Waals surface area contributed by atoms with Crippen molar-refractivity contribution in [1.82, 2.24) is 5.32 Å². The van der Waals surface area contributed by atoms with E-state index in [1.807, 2.05) is 12.1 Å². The molecule has 0 fully saturated rings. The minimum Gasteiger partial charge on any atom is -0.307 e. The summed E-state index contributed by atoms with van der Waals surface area (Å²) in [5.41, 5.74) is 10.00. The van der Waals surface area contributed by atoms with Crippen molar-refractivity contribution in [3.63, 3.8) is 0 Å². The standard InChI is InChI=1S/C25H32N2/c1-18(2)27-25(23-9-7-6-8-10-23)17-21(5)15-20(4)16-24(26)22-13-11-19(3)12-14-22/h6-14,18,25-27H,16-17H2,1-5H3. The Morgan fingerprint density at radius 3 is 2.19 bits per heavy atom. The highest BCUT2D eigenvalue weighted by Gasteiger charge is 2.13. The number of hydrogen-bond acceptors (Lipinski definition) is 2. The topological polar surface area (TPSA) is 35.9 Å². The molecule has 0 aliphatic carbocycles. The Balaban J connectivity index is 2.12. The SMILES string of the molecule is CC(=C=C(C)CC(NC(C)C)c1ccccc1)CC(=N)c1ccc(C)cc1. The molecule has 0 aliphatic heterocycles. The summed E-state index contributed by atoms with van der Waals surface area (Å²) in [6, 6.07) is 19.5. The Kier molecular flexibility index (Phi) is 7.79. The molecule has 1 atom stereocenters. The largest absolute Gasteiger partial charge is 0.307 e. The number of nitrogens with one attached hydrogen (secondary N) is 2. The van der Waals surface area contributed by atoms with Crippen molar-refractivity contribution in [3.05, 3.63) is 88.2 Å². The fraction of sp³-hybridized carbons (Fsp3) is 0.360. The zero-order chi connectivity index (χ0) is 19.8. The number of hydrogen-bond donors (Lipinski definition) is 2. The summed E-state index contributed by atoms with van der Waals surface area (Å²) in [7, 11) is 0. The molecule has 0 radical (unpaired) electrons. The molecular formula is C25H32N2. The molecule has 0 aromatic heterocycles. The Bertz CT molecular complexity index is 807. The highest BCUT2D eigenvalue weighted by Crippen LogP contribution is 2.22. The van der Waals surface area contributed by atoms with Gasteiger partial charge in [-0.3, -0.25) is 0 Å². The Hall–Kier alpha value is -2.41. The van der Waals surface area contributed by atoms with E-state index < -0.39 is 0 Å². The van der Waals surface area contributed by atoms with Crippen molar-refractivity contribution >= 4 is 5.71 Å². The van der Waals surface area contributed by atoms with Gasteiger partial charge in [0.15, 0.2) is 0 Å². The molecule has 27 heavy (non-hydrogen) atoms. The van der Waals surface area contributed by atoms with Crippen molar-refractivity contribution in [3.8, 4) is 0 Å². The van der Waals surface area contributed by atoms with Gasteiger partial charge < -0.3 is 10.7 Å². The minimum absolute atomic E-state index is 0.281. The lowest BCUT2D eigenvalue weighted by atomic mass is 9.98. The molecule has 0 amide bonds. The molecule has 2 heteroatoms. The summed E-state index contributed by atoms with van der Waals surface area (Å²) in [6.07, 6.45) is 1.55. The average Bonchev–Trinajstić information content (AvgIpc) is 2.61. The maximum Gasteiger partial charge on any atom is 0.0432 e. The molecule has 142 valence electrons. The van der Waals surface area contributed by atoms with E-state index in [0.717, 1.165) is 17.6 Å². The van der Waals surface area contributed by atoms with Crippen molar-refractivity contribution in [2.75, 3.05) is 0 Å². The second-order valence-electron chi connectivity index (χ2n) is 7.70. The lowest BCUT2D eigenvalue weighted by molar-refractivity contribution is 0.473. The summed E-state index contributed by atoms with van der Waals surface area (Å²) in [5, 5.41) is 12.0. The zero-order valence-corrected chi connectivity index (χ0v) is 17.3. The van der Waals surface area contributed by atoms with Gasteiger partial charge in [0.25, 0.3) is 0 Å². The molecule has 0 bridgehead atoms. The molecule has 0 spiro atoms. The average molecular weight is 361 g/mol. The third-order valence-electron chi connectivity index (χ3n) is 4.52. The van der Waals surface area contributed by atoms with E-state index in [1.54, 1.807) is 0 Å². The van der Waals surface area contributed by atoms with Gasteiger partial charge in [-0.25, -0.2) is 0 Å². The van der Waals surface area contributed by atoms with E-state index in [0.29, 0.717) is 18.2 Å². The first-order valence-electron chi connectivity index (χ1n) is 9.72. The molecule has 0 heterocycles. The smallest absolute Gasteiger partial charge is 0.0432 e. The fourth-order valence-corrected chi connectivity index (χ4v) is 3.25. The Morgan fingerprint density at radius 2 is 1.59 bits per heavy atom. The van der Waals surface area contributed by atoms with E-state index in [9.17, 15) is 0 Å². The van der Waals surface area contributed by atoms with Gasteiger partial charge in [0.05, 0.1) is 0 Å². The third kappa shape index (κ3) is 7.02. The summed E-state index contributed by atoms with van der Waals surface area (Å²) in [4.78, 5) is 0. The first-order chi connectivity index (χ1) is 12.8. The van der Waals surface area contributed by atoms with Crippen LogP contribution in [0.2, 0.25) is 0 Å². The van der Waals surface area contributed by atoms with Crippen LogP contribution in [0.5, 0.6) is 0 Å². The molecule has 2 aromatic carbocycles. The summed E-state index contributed by atoms with van der Waals surface area (Å²) >= 11 is 0. The molecule has 2 N–H and O–H groups in total. The highest BCUT2D eigenvalue weighted by molar-refractivity contribution is 5.99. The van der Waals surface area contributed by atoms with Gasteiger partial charge in [0.1, 0.15) is 0 Å². The van der Waals surface area contributed by atoms with E-state index in [1.165, 1.54) is 16.7 Å². The van der Waals surface area contributed by atoms with Crippen molar-refractivity contribution in [1.29, 1.82) is 5.41 Å². The van der Waals surface area contributed by atoms with E-state index >= 15 is 0 Å². The molecular weight excluding hydrogens is 328 g/mol. The van der Waals surface area contributed by atoms with Gasteiger partial charge in [-0.15, -0.1) is 5.73 Å². The maximum absolute atomic E-state index is 8.36. The first kappa shape index (κ1) is 20.9. The van der Waals surface area contributed by atoms with Gasteiger partial charge in [0.2, 0.25) is 0 Å². The lowest BCUT2D eigenvalue weighted by Crippen LogP contribution is -2.28. The number of benzene rings is 2. The van der Waals surface area contributed by atoms with Gasteiger partial charge in [0, 0.05) is 24.2 Å². The van der Waals surface area contributed by atoms with Gasteiger partial charge in [-0.05, 0) is 49.5 Å². The number of aryl methyl sites for hydroxylation is 1. The minimum atomic E-state index is 0.281. The normalized spacial score (nSPS) is 11.8. The van der Waals surface area contributed by atoms with Crippen LogP contribution in [0, 0.1) is 12.3 Å². The summed E-state index contributed by atoms with van der Waals surface area (Å²) in [6.45, 7) is 10.6. The van der Waals surface area contributed by atoms with Crippen LogP contribution in [0.25, 0.3) is 0 Å². The van der Waals surface area contributed by atoms with Crippen LogP contribution in [-0.4, -0.2) is 11.8 Å². The Labute approximate surface area is 164 Å². The van der Waals surface area contributed by atoms with E-state index in [-0.39, 0.29) is 6.04 Å². The van der Waals surface area contributed by atoms with Crippen LogP contribution in [0.1, 0.15) is 63.3 Å².